The van der Waals surface area contributed by atoms with Crippen molar-refractivity contribution >= 4 is 11.8 Å². The van der Waals surface area contributed by atoms with Gasteiger partial charge in [0.25, 0.3) is 5.91 Å². The quantitative estimate of drug-likeness (QED) is 0.645. The third-order valence-electron chi connectivity index (χ3n) is 6.20. The van der Waals surface area contributed by atoms with Crippen molar-refractivity contribution in [1.29, 1.82) is 5.26 Å². The van der Waals surface area contributed by atoms with Crippen LogP contribution in [0.4, 0.5) is 0 Å². The summed E-state index contributed by atoms with van der Waals surface area (Å²) in [4.78, 5) is 35.7. The van der Waals surface area contributed by atoms with Gasteiger partial charge in [0, 0.05) is 31.3 Å². The number of carbonyl (C=O) groups excluding carboxylic acids is 2. The number of benzene rings is 1. The number of aliphatic hydroxyl groups is 1. The monoisotopic (exact) mass is 479 g/mol. The van der Waals surface area contributed by atoms with Gasteiger partial charge in [-0.3, -0.25) is 9.59 Å². The number of amides is 2. The van der Waals surface area contributed by atoms with Gasteiger partial charge in [-0.1, -0.05) is 19.1 Å². The van der Waals surface area contributed by atoms with E-state index in [0.29, 0.717) is 29.8 Å². The number of carbonyl (C=O) groups is 2. The summed E-state index contributed by atoms with van der Waals surface area (Å²) < 4.78 is 6.26. The first kappa shape index (κ1) is 26.1. The molecule has 9 nitrogen and oxygen atoms in total. The largest absolute Gasteiger partial charge is 0.472 e. The molecule has 1 N–H and O–H groups in total. The summed E-state index contributed by atoms with van der Waals surface area (Å²) in [6, 6.07) is 10.5. The first-order valence-corrected chi connectivity index (χ1v) is 11.6. The van der Waals surface area contributed by atoms with E-state index in [9.17, 15) is 14.7 Å². The lowest BCUT2D eigenvalue weighted by Gasteiger charge is -2.37. The average molecular weight is 480 g/mol. The van der Waals surface area contributed by atoms with Crippen LogP contribution in [0.2, 0.25) is 0 Å². The second-order valence-electron chi connectivity index (χ2n) is 9.40. The predicted octanol–water partition coefficient (Wildman–Crippen LogP) is 1.86. The first-order chi connectivity index (χ1) is 16.6. The number of nitriles is 1. The van der Waals surface area contributed by atoms with Gasteiger partial charge in [0.15, 0.2) is 0 Å². The molecular formula is C26H33N5O4. The van der Waals surface area contributed by atoms with E-state index < -0.39 is 12.1 Å². The molecule has 1 aromatic heterocycles. The van der Waals surface area contributed by atoms with Crippen LogP contribution in [-0.4, -0.2) is 96.1 Å². The summed E-state index contributed by atoms with van der Waals surface area (Å²) in [5.41, 5.74) is 2.37. The number of aromatic nitrogens is 1. The Labute approximate surface area is 206 Å². The summed E-state index contributed by atoms with van der Waals surface area (Å²) in [6.07, 6.45) is 1.23. The number of fused-ring (bicyclic) bond motifs is 1. The molecule has 0 radical (unpaired) electrons. The lowest BCUT2D eigenvalue weighted by molar-refractivity contribution is -0.132. The highest BCUT2D eigenvalue weighted by atomic mass is 16.5. The number of nitrogens with zero attached hydrogens (tertiary/aromatic N) is 5. The molecule has 1 aromatic carbocycles. The molecule has 0 bridgehead atoms. The van der Waals surface area contributed by atoms with E-state index >= 15 is 0 Å². The fraction of sp³-hybridized carbons (Fsp3) is 0.462. The molecule has 9 heteroatoms. The standard InChI is InChI=1S/C26H33N5O4/c1-17-13-31(18(2)16-32)26(34)22-10-21(20-8-6-19(11-27)7-9-20)12-28-25(22)35-23(17)14-30(5)24(33)15-29(3)4/h6-10,12,17-18,23,32H,13-16H2,1-5H3/t17-,18+,23+/m1/s1. The minimum atomic E-state index is -0.403. The highest BCUT2D eigenvalue weighted by molar-refractivity contribution is 5.98. The molecule has 35 heavy (non-hydrogen) atoms. The Kier molecular flexibility index (Phi) is 8.43. The Morgan fingerprint density at radius 1 is 1.29 bits per heavy atom. The Morgan fingerprint density at radius 3 is 2.57 bits per heavy atom. The molecule has 0 fully saturated rings. The maximum absolute atomic E-state index is 13.6. The smallest absolute Gasteiger partial charge is 0.259 e. The molecule has 0 saturated heterocycles. The second kappa shape index (κ2) is 11.3. The number of pyridine rings is 1. The van der Waals surface area contributed by atoms with E-state index in [4.69, 9.17) is 10.00 Å². The number of ether oxygens (including phenoxy) is 1. The molecule has 186 valence electrons. The molecule has 3 rings (SSSR count). The summed E-state index contributed by atoms with van der Waals surface area (Å²) in [6.45, 7) is 4.57. The zero-order chi connectivity index (χ0) is 25.7. The lowest BCUT2D eigenvalue weighted by Crippen LogP contribution is -2.51. The van der Waals surface area contributed by atoms with E-state index in [1.807, 2.05) is 25.9 Å². The molecule has 1 aliphatic heterocycles. The van der Waals surface area contributed by atoms with Crippen LogP contribution in [0.5, 0.6) is 5.88 Å². The molecule has 0 saturated carbocycles. The molecule has 0 aliphatic carbocycles. The SMILES string of the molecule is C[C@@H]1CN([C@@H](C)CO)C(=O)c2cc(-c3ccc(C#N)cc3)cnc2O[C@H]1CN(C)C(=O)CN(C)C. The Bertz CT molecular complexity index is 1100. The zero-order valence-electron chi connectivity index (χ0n) is 20.9. The van der Waals surface area contributed by atoms with Crippen molar-refractivity contribution in [1.82, 2.24) is 19.7 Å². The normalized spacial score (nSPS) is 18.7. The third-order valence-corrected chi connectivity index (χ3v) is 6.20. The summed E-state index contributed by atoms with van der Waals surface area (Å²) in [5, 5.41) is 18.9. The van der Waals surface area contributed by atoms with Crippen LogP contribution in [0.1, 0.15) is 29.8 Å². The van der Waals surface area contributed by atoms with Gasteiger partial charge in [0.2, 0.25) is 11.8 Å². The Balaban J connectivity index is 1.99. The molecule has 2 heterocycles. The number of hydrogen-bond acceptors (Lipinski definition) is 7. The predicted molar refractivity (Wildman–Crippen MR) is 132 cm³/mol. The first-order valence-electron chi connectivity index (χ1n) is 11.6. The molecule has 2 aromatic rings. The third kappa shape index (κ3) is 6.15. The van der Waals surface area contributed by atoms with E-state index in [1.165, 1.54) is 0 Å². The number of rotatable bonds is 7. The van der Waals surface area contributed by atoms with Crippen LogP contribution in [0, 0.1) is 17.2 Å². The maximum atomic E-state index is 13.6. The van der Waals surface area contributed by atoms with Gasteiger partial charge >= 0.3 is 0 Å². The van der Waals surface area contributed by atoms with Crippen molar-refractivity contribution in [3.05, 3.63) is 47.7 Å². The van der Waals surface area contributed by atoms with Gasteiger partial charge in [0.1, 0.15) is 11.7 Å². The van der Waals surface area contributed by atoms with Crippen LogP contribution in [0.15, 0.2) is 36.5 Å². The van der Waals surface area contributed by atoms with Gasteiger partial charge in [0.05, 0.1) is 37.4 Å². The molecule has 1 aliphatic rings. The van der Waals surface area contributed by atoms with Gasteiger partial charge in [-0.2, -0.15) is 5.26 Å². The molecular weight excluding hydrogens is 446 g/mol. The summed E-state index contributed by atoms with van der Waals surface area (Å²) in [7, 11) is 5.42. The van der Waals surface area contributed by atoms with Crippen LogP contribution < -0.4 is 4.74 Å². The van der Waals surface area contributed by atoms with Crippen LogP contribution in [-0.2, 0) is 4.79 Å². The zero-order valence-corrected chi connectivity index (χ0v) is 20.9. The summed E-state index contributed by atoms with van der Waals surface area (Å²) in [5.74, 6) is -0.219. The van der Waals surface area contributed by atoms with Gasteiger partial charge in [-0.15, -0.1) is 0 Å². The van der Waals surface area contributed by atoms with E-state index in [1.54, 1.807) is 60.3 Å². The number of likely N-dealkylation sites (N-methyl/N-ethyl adjacent to an activating group) is 2. The Morgan fingerprint density at radius 2 is 1.97 bits per heavy atom. The second-order valence-corrected chi connectivity index (χ2v) is 9.40. The van der Waals surface area contributed by atoms with Crippen molar-refractivity contribution in [2.75, 3.05) is 47.4 Å². The van der Waals surface area contributed by atoms with Crippen LogP contribution in [0.25, 0.3) is 11.1 Å². The highest BCUT2D eigenvalue weighted by Gasteiger charge is 2.34. The topological polar surface area (TPSA) is 110 Å². The lowest BCUT2D eigenvalue weighted by atomic mass is 9.99. The minimum absolute atomic E-state index is 0.0335. The molecule has 0 unspecified atom stereocenters. The molecule has 2 amide bonds. The van der Waals surface area contributed by atoms with Crippen molar-refractivity contribution in [3.63, 3.8) is 0 Å². The van der Waals surface area contributed by atoms with Gasteiger partial charge in [-0.25, -0.2) is 4.98 Å². The minimum Gasteiger partial charge on any atom is -0.472 e. The highest BCUT2D eigenvalue weighted by Crippen LogP contribution is 2.30. The number of aliphatic hydroxyl groups excluding tert-OH is 1. The fourth-order valence-corrected chi connectivity index (χ4v) is 3.98. The molecule has 0 spiro atoms. The molecule has 3 atom stereocenters. The van der Waals surface area contributed by atoms with Crippen molar-refractivity contribution in [2.24, 2.45) is 5.92 Å². The summed E-state index contributed by atoms with van der Waals surface area (Å²) >= 11 is 0. The van der Waals surface area contributed by atoms with Crippen LogP contribution in [0.3, 0.4) is 0 Å². The van der Waals surface area contributed by atoms with Crippen molar-refractivity contribution in [3.8, 4) is 23.1 Å². The van der Waals surface area contributed by atoms with Gasteiger partial charge < -0.3 is 24.5 Å². The van der Waals surface area contributed by atoms with E-state index in [0.717, 1.165) is 5.56 Å². The van der Waals surface area contributed by atoms with Gasteiger partial charge in [-0.05, 0) is 44.8 Å². The maximum Gasteiger partial charge on any atom is 0.259 e. The Hall–Kier alpha value is -3.48. The van der Waals surface area contributed by atoms with E-state index in [-0.39, 0.29) is 36.8 Å². The van der Waals surface area contributed by atoms with Crippen LogP contribution >= 0.6 is 0 Å². The van der Waals surface area contributed by atoms with Crippen molar-refractivity contribution in [2.45, 2.75) is 26.0 Å². The van der Waals surface area contributed by atoms with E-state index in [2.05, 4.69) is 11.1 Å². The average Bonchev–Trinajstić information content (AvgIpc) is 2.85. The number of hydrogen-bond donors (Lipinski definition) is 1. The van der Waals surface area contributed by atoms with Crippen molar-refractivity contribution < 1.29 is 19.4 Å². The fourth-order valence-electron chi connectivity index (χ4n) is 3.98.